The molecule has 0 atom stereocenters. The summed E-state index contributed by atoms with van der Waals surface area (Å²) >= 11 is 0. The first-order valence-corrected chi connectivity index (χ1v) is 10.1. The summed E-state index contributed by atoms with van der Waals surface area (Å²) < 4.78 is 24.8. The molecule has 0 radical (unpaired) electrons. The average Bonchev–Trinajstić information content (AvgIpc) is 3.06. The molecule has 3 aromatic rings. The Morgan fingerprint density at radius 2 is 1.92 bits per heavy atom. The summed E-state index contributed by atoms with van der Waals surface area (Å²) in [5.74, 6) is -0.116. The third kappa shape index (κ3) is 4.82. The minimum Gasteiger partial charge on any atom is -0.352 e. The van der Waals surface area contributed by atoms with Crippen molar-refractivity contribution in [2.24, 2.45) is 0 Å². The number of aromatic amines is 1. The van der Waals surface area contributed by atoms with Gasteiger partial charge in [-0.2, -0.15) is 0 Å². The molecule has 1 heterocycles. The Bertz CT molecular complexity index is 1010. The van der Waals surface area contributed by atoms with E-state index in [9.17, 15) is 13.2 Å². The van der Waals surface area contributed by atoms with Crippen molar-refractivity contribution < 1.29 is 13.2 Å². The fourth-order valence-corrected chi connectivity index (χ4v) is 3.19. The van der Waals surface area contributed by atoms with Crippen molar-refractivity contribution >= 4 is 32.7 Å². The van der Waals surface area contributed by atoms with E-state index in [0.29, 0.717) is 17.8 Å². The number of anilines is 1. The highest BCUT2D eigenvalue weighted by Gasteiger charge is 2.07. The molecule has 0 saturated carbocycles. The van der Waals surface area contributed by atoms with Crippen molar-refractivity contribution in [3.05, 3.63) is 59.9 Å². The summed E-state index contributed by atoms with van der Waals surface area (Å²) in [5, 5.41) is 2.90. The van der Waals surface area contributed by atoms with Gasteiger partial charge in [0.25, 0.3) is 5.91 Å². The van der Waals surface area contributed by atoms with Crippen LogP contribution in [0.25, 0.3) is 11.0 Å². The number of rotatable bonds is 7. The summed E-state index contributed by atoms with van der Waals surface area (Å²) in [4.78, 5) is 19.3. The lowest BCUT2D eigenvalue weighted by atomic mass is 10.1. The minimum absolute atomic E-state index is 0.116. The van der Waals surface area contributed by atoms with Crippen LogP contribution in [0.3, 0.4) is 0 Å². The Kier molecular flexibility index (Phi) is 5.22. The lowest BCUT2D eigenvalue weighted by Gasteiger charge is -2.07. The Morgan fingerprint density at radius 1 is 1.15 bits per heavy atom. The van der Waals surface area contributed by atoms with Crippen LogP contribution in [0.4, 0.5) is 5.69 Å². The number of imidazole rings is 1. The molecule has 0 saturated heterocycles. The quantitative estimate of drug-likeness (QED) is 0.554. The fourth-order valence-electron chi connectivity index (χ4n) is 2.63. The number of carbonyl (C=O) groups excluding carboxylic acids is 1. The highest BCUT2D eigenvalue weighted by molar-refractivity contribution is 7.92. The molecule has 0 unspecified atom stereocenters. The van der Waals surface area contributed by atoms with Gasteiger partial charge in [-0.05, 0) is 48.7 Å². The Hall–Kier alpha value is -2.87. The summed E-state index contributed by atoms with van der Waals surface area (Å²) in [6.45, 7) is 0.559. The van der Waals surface area contributed by atoms with E-state index in [-0.39, 0.29) is 5.91 Å². The van der Waals surface area contributed by atoms with Crippen LogP contribution >= 0.6 is 0 Å². The van der Waals surface area contributed by atoms with Crippen LogP contribution in [-0.4, -0.2) is 37.1 Å². The summed E-state index contributed by atoms with van der Waals surface area (Å²) in [6, 6.07) is 12.6. The molecule has 0 fully saturated rings. The van der Waals surface area contributed by atoms with Crippen LogP contribution in [0.1, 0.15) is 22.3 Å². The first-order valence-electron chi connectivity index (χ1n) is 8.19. The normalized spacial score (nSPS) is 11.4. The predicted octanol–water partition coefficient (Wildman–Crippen LogP) is 2.30. The Balaban J connectivity index is 1.46. The largest absolute Gasteiger partial charge is 0.352 e. The van der Waals surface area contributed by atoms with Gasteiger partial charge in [-0.3, -0.25) is 9.52 Å². The Morgan fingerprint density at radius 3 is 2.65 bits per heavy atom. The van der Waals surface area contributed by atoms with Crippen molar-refractivity contribution in [2.75, 3.05) is 17.5 Å². The van der Waals surface area contributed by atoms with E-state index in [1.54, 1.807) is 30.6 Å². The molecule has 1 aromatic heterocycles. The number of hydrogen-bond donors (Lipinski definition) is 3. The lowest BCUT2D eigenvalue weighted by molar-refractivity contribution is 0.0953. The van der Waals surface area contributed by atoms with Gasteiger partial charge in [0, 0.05) is 17.8 Å². The second-order valence-corrected chi connectivity index (χ2v) is 7.81. The van der Waals surface area contributed by atoms with Crippen LogP contribution in [0, 0.1) is 0 Å². The SMILES string of the molecule is CS(=O)(=O)Nc1ccc(CCCNC(=O)c2ccc3nc[nH]c3c2)cc1. The highest BCUT2D eigenvalue weighted by Crippen LogP contribution is 2.13. The zero-order valence-corrected chi connectivity index (χ0v) is 15.1. The number of amides is 1. The molecule has 8 heteroatoms. The molecule has 2 aromatic carbocycles. The first kappa shape index (κ1) is 17.9. The first-order chi connectivity index (χ1) is 12.4. The number of aromatic nitrogens is 2. The van der Waals surface area contributed by atoms with Crippen molar-refractivity contribution in [1.29, 1.82) is 0 Å². The molecule has 0 aliphatic heterocycles. The molecule has 3 rings (SSSR count). The van der Waals surface area contributed by atoms with Gasteiger partial charge in [0.15, 0.2) is 0 Å². The van der Waals surface area contributed by atoms with E-state index < -0.39 is 10.0 Å². The van der Waals surface area contributed by atoms with E-state index in [1.807, 2.05) is 18.2 Å². The molecule has 26 heavy (non-hydrogen) atoms. The molecule has 0 spiro atoms. The van der Waals surface area contributed by atoms with Gasteiger partial charge in [0.2, 0.25) is 10.0 Å². The van der Waals surface area contributed by atoms with Crippen LogP contribution in [0.15, 0.2) is 48.8 Å². The molecule has 0 bridgehead atoms. The second-order valence-electron chi connectivity index (χ2n) is 6.07. The van der Waals surface area contributed by atoms with Crippen molar-refractivity contribution in [3.8, 4) is 0 Å². The van der Waals surface area contributed by atoms with Crippen LogP contribution in [-0.2, 0) is 16.4 Å². The van der Waals surface area contributed by atoms with Crippen LogP contribution in [0.5, 0.6) is 0 Å². The number of nitrogens with zero attached hydrogens (tertiary/aromatic N) is 1. The molecular formula is C18H20N4O3S. The monoisotopic (exact) mass is 372 g/mol. The molecule has 136 valence electrons. The van der Waals surface area contributed by atoms with Crippen LogP contribution in [0.2, 0.25) is 0 Å². The van der Waals surface area contributed by atoms with Crippen molar-refractivity contribution in [3.63, 3.8) is 0 Å². The second kappa shape index (κ2) is 7.57. The zero-order chi connectivity index (χ0) is 18.6. The van der Waals surface area contributed by atoms with Gasteiger partial charge in [-0.1, -0.05) is 12.1 Å². The number of nitrogens with one attached hydrogen (secondary N) is 3. The maximum atomic E-state index is 12.2. The fraction of sp³-hybridized carbons (Fsp3) is 0.222. The summed E-state index contributed by atoms with van der Waals surface area (Å²) in [5.41, 5.74) is 3.88. The van der Waals surface area contributed by atoms with Crippen molar-refractivity contribution in [2.45, 2.75) is 12.8 Å². The standard InChI is InChI=1S/C18H20N4O3S/c1-26(24,25)22-15-7-4-13(5-8-15)3-2-10-19-18(23)14-6-9-16-17(11-14)21-12-20-16/h4-9,11-12,22H,2-3,10H2,1H3,(H,19,23)(H,20,21). The van der Waals surface area contributed by atoms with Gasteiger partial charge in [-0.15, -0.1) is 0 Å². The maximum Gasteiger partial charge on any atom is 0.251 e. The lowest BCUT2D eigenvalue weighted by Crippen LogP contribution is -2.24. The molecule has 0 aliphatic rings. The van der Waals surface area contributed by atoms with Gasteiger partial charge in [-0.25, -0.2) is 13.4 Å². The van der Waals surface area contributed by atoms with E-state index in [2.05, 4.69) is 20.0 Å². The third-order valence-corrected chi connectivity index (χ3v) is 4.47. The van der Waals surface area contributed by atoms with Gasteiger partial charge < -0.3 is 10.3 Å². The maximum absolute atomic E-state index is 12.2. The number of H-pyrrole nitrogens is 1. The summed E-state index contributed by atoms with van der Waals surface area (Å²) in [6.07, 6.45) is 4.30. The van der Waals surface area contributed by atoms with Gasteiger partial charge >= 0.3 is 0 Å². The Labute approximate surface area is 151 Å². The zero-order valence-electron chi connectivity index (χ0n) is 14.3. The highest BCUT2D eigenvalue weighted by atomic mass is 32.2. The van der Waals surface area contributed by atoms with E-state index in [1.165, 1.54) is 0 Å². The third-order valence-electron chi connectivity index (χ3n) is 3.87. The number of hydrogen-bond acceptors (Lipinski definition) is 4. The molecule has 1 amide bonds. The summed E-state index contributed by atoms with van der Waals surface area (Å²) in [7, 11) is -3.26. The molecule has 7 nitrogen and oxygen atoms in total. The molecule has 0 aliphatic carbocycles. The van der Waals surface area contributed by atoms with E-state index in [0.717, 1.165) is 35.7 Å². The average molecular weight is 372 g/mol. The van der Waals surface area contributed by atoms with Gasteiger partial charge in [0.1, 0.15) is 0 Å². The smallest absolute Gasteiger partial charge is 0.251 e. The van der Waals surface area contributed by atoms with Gasteiger partial charge in [0.05, 0.1) is 23.6 Å². The predicted molar refractivity (Wildman–Crippen MR) is 102 cm³/mol. The number of fused-ring (bicyclic) bond motifs is 1. The minimum atomic E-state index is -3.26. The molecule has 3 N–H and O–H groups in total. The van der Waals surface area contributed by atoms with Crippen LogP contribution < -0.4 is 10.0 Å². The topological polar surface area (TPSA) is 104 Å². The van der Waals surface area contributed by atoms with E-state index in [4.69, 9.17) is 0 Å². The molecular weight excluding hydrogens is 352 g/mol. The number of benzene rings is 2. The number of carbonyl (C=O) groups is 1. The van der Waals surface area contributed by atoms with Crippen molar-refractivity contribution in [1.82, 2.24) is 15.3 Å². The number of aryl methyl sites for hydroxylation is 1. The van der Waals surface area contributed by atoms with E-state index >= 15 is 0 Å². The number of sulfonamides is 1.